The van der Waals surface area contributed by atoms with Gasteiger partial charge in [-0.05, 0) is 61.9 Å². The molecule has 0 saturated carbocycles. The lowest BCUT2D eigenvalue weighted by Crippen LogP contribution is -2.38. The Labute approximate surface area is 196 Å². The fourth-order valence-electron chi connectivity index (χ4n) is 2.84. The number of hydrogen-bond donors (Lipinski definition) is 1. The molecule has 0 aliphatic rings. The topological polar surface area (TPSA) is 66.5 Å². The molecule has 3 rings (SSSR count). The van der Waals surface area contributed by atoms with Crippen molar-refractivity contribution in [1.82, 2.24) is 0 Å². The zero-order valence-electron chi connectivity index (χ0n) is 16.7. The maximum atomic E-state index is 13.4. The molecule has 0 heterocycles. The molecule has 0 saturated heterocycles. The van der Waals surface area contributed by atoms with Gasteiger partial charge in [-0.15, -0.1) is 0 Å². The molecule has 162 valence electrons. The lowest BCUT2D eigenvalue weighted by atomic mass is 10.2. The first-order chi connectivity index (χ1) is 14.6. The number of sulfonamides is 1. The normalized spacial score (nSPS) is 11.3. The van der Waals surface area contributed by atoms with E-state index >= 15 is 0 Å². The summed E-state index contributed by atoms with van der Waals surface area (Å²) in [5, 5.41) is 3.63. The smallest absolute Gasteiger partial charge is 0.264 e. The van der Waals surface area contributed by atoms with Crippen molar-refractivity contribution < 1.29 is 13.2 Å². The average Bonchev–Trinajstić information content (AvgIpc) is 2.71. The Balaban J connectivity index is 1.99. The molecule has 0 fully saturated rings. The van der Waals surface area contributed by atoms with Gasteiger partial charge in [0.1, 0.15) is 6.54 Å². The summed E-state index contributed by atoms with van der Waals surface area (Å²) in [5.74, 6) is -0.535. The van der Waals surface area contributed by atoms with Gasteiger partial charge in [0.25, 0.3) is 10.0 Å². The molecule has 0 radical (unpaired) electrons. The van der Waals surface area contributed by atoms with Crippen LogP contribution < -0.4 is 9.62 Å². The predicted molar refractivity (Wildman–Crippen MR) is 127 cm³/mol. The van der Waals surface area contributed by atoms with Crippen LogP contribution >= 0.6 is 34.8 Å². The van der Waals surface area contributed by atoms with E-state index in [0.29, 0.717) is 10.7 Å². The first-order valence-electron chi connectivity index (χ1n) is 9.18. The van der Waals surface area contributed by atoms with E-state index < -0.39 is 22.5 Å². The Morgan fingerprint density at radius 1 is 0.903 bits per heavy atom. The van der Waals surface area contributed by atoms with Crippen molar-refractivity contribution in [2.75, 3.05) is 16.2 Å². The first-order valence-corrected chi connectivity index (χ1v) is 11.8. The molecule has 31 heavy (non-hydrogen) atoms. The zero-order valence-corrected chi connectivity index (χ0v) is 19.8. The fourth-order valence-corrected chi connectivity index (χ4v) is 4.72. The molecule has 0 atom stereocenters. The molecule has 0 spiro atoms. The van der Waals surface area contributed by atoms with E-state index in [1.165, 1.54) is 30.3 Å². The van der Waals surface area contributed by atoms with Gasteiger partial charge in [0.15, 0.2) is 0 Å². The number of halogens is 3. The number of benzene rings is 3. The molecule has 1 amide bonds. The summed E-state index contributed by atoms with van der Waals surface area (Å²) < 4.78 is 27.8. The van der Waals surface area contributed by atoms with E-state index in [-0.39, 0.29) is 20.6 Å². The molecular weight excluding hydrogens is 479 g/mol. The van der Waals surface area contributed by atoms with Gasteiger partial charge in [0.2, 0.25) is 5.91 Å². The molecular formula is C22H19Cl3N2O3S. The number of carbonyl (C=O) groups excluding carboxylic acids is 1. The Morgan fingerprint density at radius 3 is 2.23 bits per heavy atom. The van der Waals surface area contributed by atoms with Crippen molar-refractivity contribution in [2.45, 2.75) is 18.7 Å². The Morgan fingerprint density at radius 2 is 1.58 bits per heavy atom. The molecule has 0 aliphatic heterocycles. The molecule has 0 bridgehead atoms. The number of nitrogens with zero attached hydrogens (tertiary/aromatic N) is 1. The van der Waals surface area contributed by atoms with Crippen LogP contribution in [0.3, 0.4) is 0 Å². The van der Waals surface area contributed by atoms with Crippen molar-refractivity contribution in [1.29, 1.82) is 0 Å². The standard InChI is InChI=1S/C22H19Cl3N2O3S/c1-14-3-8-18(9-4-14)31(29,30)27(17-7-10-19(24)20(25)12-17)13-22(28)26-21-11-16(23)6-5-15(21)2/h3-12H,13H2,1-2H3,(H,26,28). The summed E-state index contributed by atoms with van der Waals surface area (Å²) in [7, 11) is -4.06. The van der Waals surface area contributed by atoms with Gasteiger partial charge < -0.3 is 5.32 Å². The Hall–Kier alpha value is -2.25. The number of nitrogens with one attached hydrogen (secondary N) is 1. The highest BCUT2D eigenvalue weighted by atomic mass is 35.5. The molecule has 3 aromatic carbocycles. The monoisotopic (exact) mass is 496 g/mol. The summed E-state index contributed by atoms with van der Waals surface area (Å²) >= 11 is 18.1. The quantitative estimate of drug-likeness (QED) is 0.447. The fraction of sp³-hybridized carbons (Fsp3) is 0.136. The summed E-state index contributed by atoms with van der Waals surface area (Å²) in [4.78, 5) is 12.9. The number of amides is 1. The molecule has 0 aliphatic carbocycles. The molecule has 1 N–H and O–H groups in total. The van der Waals surface area contributed by atoms with Crippen LogP contribution in [0.25, 0.3) is 0 Å². The minimum absolute atomic E-state index is 0.0518. The second-order valence-electron chi connectivity index (χ2n) is 6.93. The summed E-state index contributed by atoms with van der Waals surface area (Å²) in [6.45, 7) is 3.19. The van der Waals surface area contributed by atoms with Crippen LogP contribution in [0.5, 0.6) is 0 Å². The second kappa shape index (κ2) is 9.49. The first kappa shape index (κ1) is 23.4. The van der Waals surface area contributed by atoms with E-state index in [2.05, 4.69) is 5.32 Å². The zero-order chi connectivity index (χ0) is 22.8. The summed E-state index contributed by atoms with van der Waals surface area (Å²) in [5.41, 5.74) is 2.42. The maximum absolute atomic E-state index is 13.4. The number of anilines is 2. The van der Waals surface area contributed by atoms with Crippen molar-refractivity contribution in [2.24, 2.45) is 0 Å². The number of carbonyl (C=O) groups is 1. The van der Waals surface area contributed by atoms with Gasteiger partial charge in [-0.1, -0.05) is 58.6 Å². The van der Waals surface area contributed by atoms with E-state index in [4.69, 9.17) is 34.8 Å². The third kappa shape index (κ3) is 5.52. The van der Waals surface area contributed by atoms with Crippen molar-refractivity contribution >= 4 is 62.1 Å². The van der Waals surface area contributed by atoms with Gasteiger partial charge in [-0.2, -0.15) is 0 Å². The molecule has 9 heteroatoms. The number of aryl methyl sites for hydroxylation is 2. The lowest BCUT2D eigenvalue weighted by molar-refractivity contribution is -0.114. The minimum Gasteiger partial charge on any atom is -0.324 e. The average molecular weight is 498 g/mol. The number of rotatable bonds is 6. The highest BCUT2D eigenvalue weighted by Gasteiger charge is 2.28. The van der Waals surface area contributed by atoms with Gasteiger partial charge >= 0.3 is 0 Å². The SMILES string of the molecule is Cc1ccc(S(=O)(=O)N(CC(=O)Nc2cc(Cl)ccc2C)c2ccc(Cl)c(Cl)c2)cc1. The Kier molecular flexibility index (Phi) is 7.17. The molecule has 5 nitrogen and oxygen atoms in total. The van der Waals surface area contributed by atoms with E-state index in [9.17, 15) is 13.2 Å². The third-order valence-corrected chi connectivity index (χ3v) is 7.32. The van der Waals surface area contributed by atoms with Crippen LogP contribution in [0.2, 0.25) is 15.1 Å². The van der Waals surface area contributed by atoms with E-state index in [0.717, 1.165) is 15.4 Å². The van der Waals surface area contributed by atoms with Crippen molar-refractivity contribution in [3.05, 3.63) is 86.9 Å². The summed E-state index contributed by atoms with van der Waals surface area (Å²) in [6.07, 6.45) is 0. The van der Waals surface area contributed by atoms with Gasteiger partial charge in [-0.25, -0.2) is 8.42 Å². The van der Waals surface area contributed by atoms with Gasteiger partial charge in [-0.3, -0.25) is 9.10 Å². The van der Waals surface area contributed by atoms with Gasteiger partial charge in [0.05, 0.1) is 20.6 Å². The van der Waals surface area contributed by atoms with E-state index in [1.54, 1.807) is 30.3 Å². The van der Waals surface area contributed by atoms with Crippen LogP contribution in [-0.4, -0.2) is 20.9 Å². The van der Waals surface area contributed by atoms with Crippen LogP contribution in [0.15, 0.2) is 65.6 Å². The third-order valence-electron chi connectivity index (χ3n) is 4.56. The van der Waals surface area contributed by atoms with Crippen LogP contribution in [0.4, 0.5) is 11.4 Å². The summed E-state index contributed by atoms with van der Waals surface area (Å²) in [6, 6.07) is 15.8. The molecule has 3 aromatic rings. The van der Waals surface area contributed by atoms with Crippen LogP contribution in [0, 0.1) is 13.8 Å². The minimum atomic E-state index is -4.06. The molecule has 0 unspecified atom stereocenters. The van der Waals surface area contributed by atoms with Crippen LogP contribution in [-0.2, 0) is 14.8 Å². The highest BCUT2D eigenvalue weighted by molar-refractivity contribution is 7.92. The van der Waals surface area contributed by atoms with Gasteiger partial charge in [0, 0.05) is 10.7 Å². The van der Waals surface area contributed by atoms with Crippen molar-refractivity contribution in [3.8, 4) is 0 Å². The Bertz CT molecular complexity index is 1230. The van der Waals surface area contributed by atoms with E-state index in [1.807, 2.05) is 13.8 Å². The molecule has 0 aromatic heterocycles. The van der Waals surface area contributed by atoms with Crippen LogP contribution in [0.1, 0.15) is 11.1 Å². The van der Waals surface area contributed by atoms with Crippen molar-refractivity contribution in [3.63, 3.8) is 0 Å². The second-order valence-corrected chi connectivity index (χ2v) is 10.0. The maximum Gasteiger partial charge on any atom is 0.264 e. The lowest BCUT2D eigenvalue weighted by Gasteiger charge is -2.24. The predicted octanol–water partition coefficient (Wildman–Crippen LogP) is 6.10. The largest absolute Gasteiger partial charge is 0.324 e. The number of hydrogen-bond acceptors (Lipinski definition) is 3. The highest BCUT2D eigenvalue weighted by Crippen LogP contribution is 2.31.